The maximum atomic E-state index is 13.0. The van der Waals surface area contributed by atoms with Crippen LogP contribution in [0.15, 0.2) is 17.5 Å². The lowest BCUT2D eigenvalue weighted by Gasteiger charge is -2.31. The zero-order chi connectivity index (χ0) is 29.4. The van der Waals surface area contributed by atoms with Crippen LogP contribution in [-0.2, 0) is 33.3 Å². The van der Waals surface area contributed by atoms with E-state index in [1.807, 2.05) is 11.8 Å². The number of rotatable bonds is 7. The predicted molar refractivity (Wildman–Crippen MR) is 162 cm³/mol. The number of aryl methyl sites for hydroxylation is 1. The fourth-order valence-electron chi connectivity index (χ4n) is 5.21. The first-order valence-corrected chi connectivity index (χ1v) is 15.5. The van der Waals surface area contributed by atoms with Gasteiger partial charge >= 0.3 is 5.97 Å². The molecule has 3 heterocycles. The highest BCUT2D eigenvalue weighted by Crippen LogP contribution is 2.43. The first kappa shape index (κ1) is 30.2. The van der Waals surface area contributed by atoms with Gasteiger partial charge in [0.05, 0.1) is 36.3 Å². The van der Waals surface area contributed by atoms with Gasteiger partial charge in [0, 0.05) is 46.0 Å². The summed E-state index contributed by atoms with van der Waals surface area (Å²) in [6.07, 6.45) is 1.87. The number of hydrogen-bond acceptors (Lipinski definition) is 7. The van der Waals surface area contributed by atoms with E-state index in [0.717, 1.165) is 39.7 Å². The largest absolute Gasteiger partial charge is 0.496 e. The van der Waals surface area contributed by atoms with Gasteiger partial charge < -0.3 is 14.7 Å². The summed E-state index contributed by atoms with van der Waals surface area (Å²) < 4.78 is 5.93. The number of methoxy groups -OCH3 is 1. The number of benzene rings is 1. The molecular formula is C31H41N3O4S2. The molecule has 3 aromatic rings. The standard InChI is InChI=1S/C31H41N3O4S2/c1-18-23(15-27(36)37)32-25(40-18)16-26(35)34-11-9-19(10-12-34)29-33-24(17-39-29)20-13-21(30(2,3)4)28(38-8)22(14-20)31(5,6)7/h13-14,17,19H,9-12,15-16H2,1-8H3,(H,36,37). The van der Waals surface area contributed by atoms with Crippen LogP contribution < -0.4 is 4.74 Å². The molecule has 0 saturated carbocycles. The molecule has 1 fully saturated rings. The number of aliphatic carboxylic acids is 1. The monoisotopic (exact) mass is 583 g/mol. The highest BCUT2D eigenvalue weighted by molar-refractivity contribution is 7.11. The van der Waals surface area contributed by atoms with E-state index in [1.165, 1.54) is 22.5 Å². The maximum absolute atomic E-state index is 13.0. The Hall–Kier alpha value is -2.78. The summed E-state index contributed by atoms with van der Waals surface area (Å²) in [4.78, 5) is 36.3. The van der Waals surface area contributed by atoms with Crippen LogP contribution in [0.2, 0.25) is 0 Å². The molecule has 1 amide bonds. The maximum Gasteiger partial charge on any atom is 0.309 e. The SMILES string of the molecule is COc1c(C(C)(C)C)cc(-c2csc(C3CCN(C(=O)Cc4nc(CC(=O)O)c(C)s4)CC3)n2)cc1C(C)(C)C. The van der Waals surface area contributed by atoms with Crippen molar-refractivity contribution in [2.75, 3.05) is 20.2 Å². The second-order valence-corrected chi connectivity index (χ2v) is 14.9. The van der Waals surface area contributed by atoms with Crippen LogP contribution in [0, 0.1) is 6.92 Å². The van der Waals surface area contributed by atoms with Gasteiger partial charge in [-0.15, -0.1) is 22.7 Å². The number of thiazole rings is 2. The van der Waals surface area contributed by atoms with Crippen LogP contribution in [0.3, 0.4) is 0 Å². The zero-order valence-corrected chi connectivity index (χ0v) is 26.5. The van der Waals surface area contributed by atoms with Crippen LogP contribution in [0.4, 0.5) is 0 Å². The molecule has 0 atom stereocenters. The molecule has 2 aromatic heterocycles. The summed E-state index contributed by atoms with van der Waals surface area (Å²) in [5, 5.41) is 13.0. The van der Waals surface area contributed by atoms with Gasteiger partial charge in [0.2, 0.25) is 5.91 Å². The summed E-state index contributed by atoms with van der Waals surface area (Å²) >= 11 is 3.12. The van der Waals surface area contributed by atoms with Crippen molar-refractivity contribution in [3.63, 3.8) is 0 Å². The highest BCUT2D eigenvalue weighted by Gasteiger charge is 2.30. The quantitative estimate of drug-likeness (QED) is 0.331. The van der Waals surface area contributed by atoms with E-state index in [4.69, 9.17) is 14.8 Å². The number of hydrogen-bond donors (Lipinski definition) is 1. The first-order valence-electron chi connectivity index (χ1n) is 13.8. The molecule has 7 nitrogen and oxygen atoms in total. The van der Waals surface area contributed by atoms with Gasteiger partial charge in [0.25, 0.3) is 0 Å². The van der Waals surface area contributed by atoms with Crippen molar-refractivity contribution in [3.8, 4) is 17.0 Å². The van der Waals surface area contributed by atoms with Crippen LogP contribution >= 0.6 is 22.7 Å². The Kier molecular flexibility index (Phi) is 8.76. The van der Waals surface area contributed by atoms with Crippen LogP contribution in [0.1, 0.15) is 92.0 Å². The molecule has 1 N–H and O–H groups in total. The Morgan fingerprint density at radius 2 is 1.62 bits per heavy atom. The molecule has 216 valence electrons. The van der Waals surface area contributed by atoms with Gasteiger partial charge in [-0.3, -0.25) is 9.59 Å². The van der Waals surface area contributed by atoms with Crippen molar-refractivity contribution in [2.24, 2.45) is 0 Å². The van der Waals surface area contributed by atoms with E-state index in [0.29, 0.717) is 29.7 Å². The third kappa shape index (κ3) is 6.74. The average Bonchev–Trinajstić information content (AvgIpc) is 3.49. The summed E-state index contributed by atoms with van der Waals surface area (Å²) in [5.41, 5.74) is 4.89. The lowest BCUT2D eigenvalue weighted by Crippen LogP contribution is -2.38. The number of likely N-dealkylation sites (tertiary alicyclic amines) is 1. The van der Waals surface area contributed by atoms with E-state index < -0.39 is 5.97 Å². The van der Waals surface area contributed by atoms with E-state index in [2.05, 4.69) is 64.0 Å². The number of amides is 1. The molecule has 0 spiro atoms. The molecule has 1 saturated heterocycles. The Labute approximate surface area is 245 Å². The normalized spacial score (nSPS) is 14.9. The van der Waals surface area contributed by atoms with Gasteiger partial charge in [-0.05, 0) is 42.7 Å². The van der Waals surface area contributed by atoms with E-state index in [9.17, 15) is 9.59 Å². The first-order chi connectivity index (χ1) is 18.7. The van der Waals surface area contributed by atoms with E-state index >= 15 is 0 Å². The smallest absolute Gasteiger partial charge is 0.309 e. The number of carboxylic acid groups (broad SMARTS) is 1. The number of aromatic nitrogens is 2. The summed E-state index contributed by atoms with van der Waals surface area (Å²) in [6, 6.07) is 4.47. The summed E-state index contributed by atoms with van der Waals surface area (Å²) in [5.74, 6) is 0.434. The molecule has 4 rings (SSSR count). The van der Waals surface area contributed by atoms with Gasteiger partial charge in [0.15, 0.2) is 0 Å². The van der Waals surface area contributed by atoms with Crippen LogP contribution in [0.5, 0.6) is 5.75 Å². The van der Waals surface area contributed by atoms with Crippen molar-refractivity contribution in [1.82, 2.24) is 14.9 Å². The van der Waals surface area contributed by atoms with E-state index in [-0.39, 0.29) is 29.6 Å². The third-order valence-corrected chi connectivity index (χ3v) is 9.50. The Bertz CT molecular complexity index is 1350. The molecule has 0 bridgehead atoms. The van der Waals surface area contributed by atoms with Crippen molar-refractivity contribution < 1.29 is 19.4 Å². The number of piperidine rings is 1. The van der Waals surface area contributed by atoms with Gasteiger partial charge in [-0.25, -0.2) is 9.97 Å². The van der Waals surface area contributed by atoms with Gasteiger partial charge in [-0.1, -0.05) is 41.5 Å². The molecule has 0 aliphatic carbocycles. The lowest BCUT2D eigenvalue weighted by molar-refractivity contribution is -0.136. The minimum absolute atomic E-state index is 0.0524. The van der Waals surface area contributed by atoms with E-state index in [1.54, 1.807) is 18.4 Å². The molecule has 1 aliphatic rings. The third-order valence-electron chi connectivity index (χ3n) is 7.48. The average molecular weight is 584 g/mol. The molecule has 0 unspecified atom stereocenters. The molecule has 40 heavy (non-hydrogen) atoms. The Morgan fingerprint density at radius 3 is 2.15 bits per heavy atom. The molecule has 9 heteroatoms. The van der Waals surface area contributed by atoms with Crippen LogP contribution in [0.25, 0.3) is 11.3 Å². The van der Waals surface area contributed by atoms with Crippen LogP contribution in [-0.4, -0.2) is 52.1 Å². The Morgan fingerprint density at radius 1 is 1.02 bits per heavy atom. The molecular weight excluding hydrogens is 542 g/mol. The highest BCUT2D eigenvalue weighted by atomic mass is 32.1. The second kappa shape index (κ2) is 11.6. The second-order valence-electron chi connectivity index (χ2n) is 12.7. The predicted octanol–water partition coefficient (Wildman–Crippen LogP) is 6.75. The topological polar surface area (TPSA) is 92.6 Å². The minimum Gasteiger partial charge on any atom is -0.496 e. The zero-order valence-electron chi connectivity index (χ0n) is 24.9. The molecule has 1 aromatic carbocycles. The number of carboxylic acids is 1. The van der Waals surface area contributed by atoms with Crippen molar-refractivity contribution >= 4 is 34.6 Å². The molecule has 1 aliphatic heterocycles. The Balaban J connectivity index is 1.46. The van der Waals surface area contributed by atoms with Crippen molar-refractivity contribution in [3.05, 3.63) is 49.2 Å². The lowest BCUT2D eigenvalue weighted by atomic mass is 9.78. The van der Waals surface area contributed by atoms with Gasteiger partial charge in [-0.2, -0.15) is 0 Å². The number of carbonyl (C=O) groups excluding carboxylic acids is 1. The van der Waals surface area contributed by atoms with Crippen molar-refractivity contribution in [1.29, 1.82) is 0 Å². The summed E-state index contributed by atoms with van der Waals surface area (Å²) in [7, 11) is 1.76. The molecule has 0 radical (unpaired) electrons. The number of carbonyl (C=O) groups is 2. The van der Waals surface area contributed by atoms with Gasteiger partial charge in [0.1, 0.15) is 10.8 Å². The number of ether oxygens (including phenoxy) is 1. The fraction of sp³-hybridized carbons (Fsp3) is 0.548. The minimum atomic E-state index is -0.907. The fourth-order valence-corrected chi connectivity index (χ4v) is 7.15. The van der Waals surface area contributed by atoms with Crippen molar-refractivity contribution in [2.45, 2.75) is 90.9 Å². The number of nitrogens with zero attached hydrogens (tertiary/aromatic N) is 3. The summed E-state index contributed by atoms with van der Waals surface area (Å²) in [6.45, 7) is 16.5.